The van der Waals surface area contributed by atoms with Crippen molar-refractivity contribution in [3.05, 3.63) is 83.9 Å². The second-order valence-corrected chi connectivity index (χ2v) is 9.96. The molecular formula is C30H34F4N4O2. The standard InChI is InChI=1S/C30H34F4N4O2/c31-29(32,27(39)37-21-17-35(18-22-37)15-7-13-25-9-3-1-4-10-25)30(33,34)28(40)38-23-19-36(20-24-38)16-8-14-26-11-5-2-6-12-26/h1-14H,15-24H2. The number of carbonyl (C=O) groups excluding carboxylic acids is 2. The van der Waals surface area contributed by atoms with Gasteiger partial charge in [-0.3, -0.25) is 19.4 Å². The summed E-state index contributed by atoms with van der Waals surface area (Å²) in [7, 11) is 0. The van der Waals surface area contributed by atoms with Gasteiger partial charge in [0, 0.05) is 65.4 Å². The maximum atomic E-state index is 14.8. The van der Waals surface area contributed by atoms with Gasteiger partial charge >= 0.3 is 11.8 Å². The van der Waals surface area contributed by atoms with E-state index in [2.05, 4.69) is 0 Å². The van der Waals surface area contributed by atoms with Gasteiger partial charge in [0.25, 0.3) is 11.8 Å². The van der Waals surface area contributed by atoms with Crippen LogP contribution in [0.2, 0.25) is 0 Å². The summed E-state index contributed by atoms with van der Waals surface area (Å²) in [5, 5.41) is 0. The maximum Gasteiger partial charge on any atom is 0.395 e. The highest BCUT2D eigenvalue weighted by Crippen LogP contribution is 2.38. The second-order valence-electron chi connectivity index (χ2n) is 9.96. The molecule has 0 saturated carbocycles. The first-order chi connectivity index (χ1) is 19.2. The summed E-state index contributed by atoms with van der Waals surface area (Å²) >= 11 is 0. The van der Waals surface area contributed by atoms with Crippen LogP contribution < -0.4 is 0 Å². The molecule has 2 saturated heterocycles. The summed E-state index contributed by atoms with van der Waals surface area (Å²) in [6, 6.07) is 19.3. The molecule has 0 aromatic heterocycles. The molecule has 0 N–H and O–H groups in total. The van der Waals surface area contributed by atoms with E-state index in [0.717, 1.165) is 20.9 Å². The van der Waals surface area contributed by atoms with Gasteiger partial charge in [0.1, 0.15) is 0 Å². The minimum atomic E-state index is -5.13. The topological polar surface area (TPSA) is 47.1 Å². The lowest BCUT2D eigenvalue weighted by Crippen LogP contribution is -2.64. The van der Waals surface area contributed by atoms with Gasteiger partial charge in [-0.05, 0) is 11.1 Å². The van der Waals surface area contributed by atoms with Crippen molar-refractivity contribution < 1.29 is 27.2 Å². The first kappa shape index (κ1) is 29.5. The van der Waals surface area contributed by atoms with E-state index in [9.17, 15) is 27.2 Å². The van der Waals surface area contributed by atoms with Crippen molar-refractivity contribution in [2.24, 2.45) is 0 Å². The van der Waals surface area contributed by atoms with E-state index in [-0.39, 0.29) is 52.4 Å². The van der Waals surface area contributed by atoms with Gasteiger partial charge in [-0.2, -0.15) is 17.6 Å². The van der Waals surface area contributed by atoms with Crippen LogP contribution in [-0.4, -0.2) is 109 Å². The summed E-state index contributed by atoms with van der Waals surface area (Å²) in [5.74, 6) is -14.3. The molecule has 2 aliphatic rings. The number of carbonyl (C=O) groups is 2. The Bertz CT molecular complexity index is 1080. The van der Waals surface area contributed by atoms with E-state index in [0.29, 0.717) is 13.1 Å². The monoisotopic (exact) mass is 558 g/mol. The van der Waals surface area contributed by atoms with E-state index in [1.165, 1.54) is 0 Å². The van der Waals surface area contributed by atoms with Crippen LogP contribution in [0.4, 0.5) is 17.6 Å². The third-order valence-electron chi connectivity index (χ3n) is 7.20. The molecule has 2 heterocycles. The van der Waals surface area contributed by atoms with Crippen molar-refractivity contribution in [2.45, 2.75) is 11.8 Å². The van der Waals surface area contributed by atoms with Gasteiger partial charge in [-0.1, -0.05) is 85.0 Å². The molecule has 2 aromatic carbocycles. The molecule has 4 rings (SSSR count). The fourth-order valence-electron chi connectivity index (χ4n) is 4.74. The lowest BCUT2D eigenvalue weighted by Gasteiger charge is -2.39. The number of alkyl halides is 4. The highest BCUT2D eigenvalue weighted by atomic mass is 19.3. The molecule has 0 unspecified atom stereocenters. The zero-order valence-electron chi connectivity index (χ0n) is 22.3. The zero-order valence-corrected chi connectivity index (χ0v) is 22.3. The fraction of sp³-hybridized carbons (Fsp3) is 0.400. The summed E-state index contributed by atoms with van der Waals surface area (Å²) < 4.78 is 59.4. The lowest BCUT2D eigenvalue weighted by molar-refractivity contribution is -0.224. The SMILES string of the molecule is O=C(N1CCN(CC=Cc2ccccc2)CC1)C(F)(F)C(F)(F)C(=O)N1CCN(CC=Cc2ccccc2)CC1. The number of piperazine rings is 2. The minimum absolute atomic E-state index is 0.118. The summed E-state index contributed by atoms with van der Waals surface area (Å²) in [4.78, 5) is 30.4. The summed E-state index contributed by atoms with van der Waals surface area (Å²) in [6.45, 7) is 1.66. The van der Waals surface area contributed by atoms with Crippen molar-refractivity contribution in [1.29, 1.82) is 0 Å². The van der Waals surface area contributed by atoms with Crippen LogP contribution in [0.15, 0.2) is 72.8 Å². The fourth-order valence-corrected chi connectivity index (χ4v) is 4.74. The number of benzene rings is 2. The number of nitrogens with zero attached hydrogens (tertiary/aromatic N) is 4. The number of halogens is 4. The van der Waals surface area contributed by atoms with Crippen molar-refractivity contribution in [2.75, 3.05) is 65.4 Å². The summed E-state index contributed by atoms with van der Waals surface area (Å²) in [6.07, 6.45) is 7.71. The molecule has 10 heteroatoms. The number of hydrogen-bond donors (Lipinski definition) is 0. The van der Waals surface area contributed by atoms with Gasteiger partial charge in [-0.25, -0.2) is 0 Å². The Labute approximate surface area is 232 Å². The smallest absolute Gasteiger partial charge is 0.335 e. The van der Waals surface area contributed by atoms with Gasteiger partial charge in [0.15, 0.2) is 0 Å². The Hall–Kier alpha value is -3.50. The average Bonchev–Trinajstić information content (AvgIpc) is 2.98. The van der Waals surface area contributed by atoms with Gasteiger partial charge in [-0.15, -0.1) is 0 Å². The Morgan fingerprint density at radius 1 is 0.575 bits per heavy atom. The Kier molecular flexibility index (Phi) is 9.76. The third kappa shape index (κ3) is 7.17. The van der Waals surface area contributed by atoms with Crippen LogP contribution in [0, 0.1) is 0 Å². The number of hydrogen-bond acceptors (Lipinski definition) is 4. The minimum Gasteiger partial charge on any atom is -0.335 e. The van der Waals surface area contributed by atoms with Crippen LogP contribution in [0.5, 0.6) is 0 Å². The molecule has 0 spiro atoms. The second kappa shape index (κ2) is 13.2. The average molecular weight is 559 g/mol. The molecule has 0 atom stereocenters. The van der Waals surface area contributed by atoms with Gasteiger partial charge in [0.05, 0.1) is 0 Å². The van der Waals surface area contributed by atoms with Crippen LogP contribution >= 0.6 is 0 Å². The quantitative estimate of drug-likeness (QED) is 0.437. The first-order valence-corrected chi connectivity index (χ1v) is 13.4. The van der Waals surface area contributed by atoms with E-state index < -0.39 is 23.7 Å². The molecule has 2 amide bonds. The molecule has 2 aliphatic heterocycles. The van der Waals surface area contributed by atoms with Gasteiger partial charge in [0.2, 0.25) is 0 Å². The van der Waals surface area contributed by atoms with E-state index in [1.807, 2.05) is 94.8 Å². The van der Waals surface area contributed by atoms with Crippen molar-refractivity contribution in [1.82, 2.24) is 19.6 Å². The number of amides is 2. The normalized spacial score (nSPS) is 18.1. The molecule has 0 aliphatic carbocycles. The molecular weight excluding hydrogens is 524 g/mol. The Morgan fingerprint density at radius 2 is 0.900 bits per heavy atom. The van der Waals surface area contributed by atoms with E-state index in [1.54, 1.807) is 0 Å². The largest absolute Gasteiger partial charge is 0.395 e. The highest BCUT2D eigenvalue weighted by Gasteiger charge is 2.68. The van der Waals surface area contributed by atoms with E-state index in [4.69, 9.17) is 0 Å². The molecule has 6 nitrogen and oxygen atoms in total. The predicted molar refractivity (Wildman–Crippen MR) is 147 cm³/mol. The molecule has 40 heavy (non-hydrogen) atoms. The van der Waals surface area contributed by atoms with Crippen molar-refractivity contribution in [3.8, 4) is 0 Å². The Morgan fingerprint density at radius 3 is 1.23 bits per heavy atom. The Balaban J connectivity index is 1.25. The van der Waals surface area contributed by atoms with E-state index >= 15 is 0 Å². The van der Waals surface area contributed by atoms with Crippen molar-refractivity contribution in [3.63, 3.8) is 0 Å². The van der Waals surface area contributed by atoms with Crippen molar-refractivity contribution >= 4 is 24.0 Å². The molecule has 2 aromatic rings. The molecule has 0 radical (unpaired) electrons. The van der Waals surface area contributed by atoms with Crippen LogP contribution in [-0.2, 0) is 9.59 Å². The summed E-state index contributed by atoms with van der Waals surface area (Å²) in [5.41, 5.74) is 2.04. The van der Waals surface area contributed by atoms with Crippen LogP contribution in [0.1, 0.15) is 11.1 Å². The predicted octanol–water partition coefficient (Wildman–Crippen LogP) is 3.97. The molecule has 214 valence electrons. The lowest BCUT2D eigenvalue weighted by atomic mass is 10.1. The first-order valence-electron chi connectivity index (χ1n) is 13.4. The molecule has 0 bridgehead atoms. The molecule has 2 fully saturated rings. The zero-order chi connectivity index (χ0) is 28.6. The maximum absolute atomic E-state index is 14.8. The van der Waals surface area contributed by atoms with Gasteiger partial charge < -0.3 is 9.80 Å². The van der Waals surface area contributed by atoms with Crippen LogP contribution in [0.3, 0.4) is 0 Å². The van der Waals surface area contributed by atoms with Crippen LogP contribution in [0.25, 0.3) is 12.2 Å². The highest BCUT2D eigenvalue weighted by molar-refractivity contribution is 5.95. The number of rotatable bonds is 9. The third-order valence-corrected chi connectivity index (χ3v) is 7.20.